The number of hydrogen-bond acceptors (Lipinski definition) is 3. The normalized spacial score (nSPS) is 14.8. The fraction of sp³-hybridized carbons (Fsp3) is 0.455. The Morgan fingerprint density at radius 3 is 1.84 bits per heavy atom. The van der Waals surface area contributed by atoms with Crippen LogP contribution < -0.4 is 4.74 Å². The number of unbranched alkanes of at least 4 members (excludes halogenated alkanes) is 2. The monoisotopic (exact) mass is 520 g/mol. The lowest BCUT2D eigenvalue weighted by molar-refractivity contribution is 0.115. The van der Waals surface area contributed by atoms with Crippen molar-refractivity contribution in [2.45, 2.75) is 52.4 Å². The van der Waals surface area contributed by atoms with Crippen molar-refractivity contribution in [2.75, 3.05) is 45.9 Å². The van der Waals surface area contributed by atoms with Gasteiger partial charge >= 0.3 is 0 Å². The molecule has 0 radical (unpaired) electrons. The van der Waals surface area contributed by atoms with E-state index in [1.54, 1.807) is 0 Å². The highest BCUT2D eigenvalue weighted by Gasteiger charge is 2.18. The molecule has 0 aliphatic carbocycles. The maximum Gasteiger partial charge on any atom is 0.123 e. The highest BCUT2D eigenvalue weighted by atomic mass is 19.1. The highest BCUT2D eigenvalue weighted by molar-refractivity contribution is 5.42. The third-order valence-electron chi connectivity index (χ3n) is 7.91. The van der Waals surface area contributed by atoms with Crippen LogP contribution in [0.3, 0.4) is 0 Å². The molecule has 204 valence electrons. The van der Waals surface area contributed by atoms with E-state index >= 15 is 0 Å². The summed E-state index contributed by atoms with van der Waals surface area (Å²) in [4.78, 5) is 5.08. The lowest BCUT2D eigenvalue weighted by atomic mass is 9.87. The molecule has 1 aliphatic heterocycles. The lowest BCUT2D eigenvalue weighted by Crippen LogP contribution is -2.47. The Morgan fingerprint density at radius 2 is 1.26 bits per heavy atom. The van der Waals surface area contributed by atoms with Crippen LogP contribution >= 0.6 is 0 Å². The average molecular weight is 521 g/mol. The molecule has 4 rings (SSSR count). The van der Waals surface area contributed by atoms with E-state index in [1.165, 1.54) is 47.4 Å². The minimum atomic E-state index is -0.226. The van der Waals surface area contributed by atoms with Crippen molar-refractivity contribution in [3.63, 3.8) is 0 Å². The number of nitrogens with zero attached hydrogens (tertiary/aromatic N) is 2. The predicted molar refractivity (Wildman–Crippen MR) is 152 cm³/mol. The Kier molecular flexibility index (Phi) is 10.3. The molecule has 0 N–H and O–H groups in total. The van der Waals surface area contributed by atoms with Crippen molar-refractivity contribution in [1.29, 1.82) is 0 Å². The second kappa shape index (κ2) is 13.9. The Balaban J connectivity index is 1.15. The summed E-state index contributed by atoms with van der Waals surface area (Å²) in [6, 6.07) is 17.8. The van der Waals surface area contributed by atoms with Crippen LogP contribution in [-0.2, 0) is 0 Å². The van der Waals surface area contributed by atoms with E-state index in [0.717, 1.165) is 82.0 Å². The van der Waals surface area contributed by atoms with Crippen LogP contribution in [0.2, 0.25) is 0 Å². The number of aryl methyl sites for hydroxylation is 2. The van der Waals surface area contributed by atoms with Crippen molar-refractivity contribution in [2.24, 2.45) is 0 Å². The van der Waals surface area contributed by atoms with Gasteiger partial charge in [-0.15, -0.1) is 0 Å². The fourth-order valence-corrected chi connectivity index (χ4v) is 5.45. The topological polar surface area (TPSA) is 15.7 Å². The summed E-state index contributed by atoms with van der Waals surface area (Å²) < 4.78 is 33.1. The molecule has 3 aromatic carbocycles. The summed E-state index contributed by atoms with van der Waals surface area (Å²) in [5.74, 6) is 0.725. The van der Waals surface area contributed by atoms with Gasteiger partial charge in [-0.3, -0.25) is 4.90 Å². The molecule has 0 amide bonds. The summed E-state index contributed by atoms with van der Waals surface area (Å²) in [7, 11) is 0. The largest absolute Gasteiger partial charge is 0.492 e. The number of halogens is 2. The van der Waals surface area contributed by atoms with Gasteiger partial charge in [0.25, 0.3) is 0 Å². The van der Waals surface area contributed by atoms with Gasteiger partial charge in [-0.25, -0.2) is 8.78 Å². The zero-order valence-electron chi connectivity index (χ0n) is 23.2. The third kappa shape index (κ3) is 8.12. The molecule has 3 aromatic rings. The molecular weight excluding hydrogens is 478 g/mol. The van der Waals surface area contributed by atoms with Crippen molar-refractivity contribution in [1.82, 2.24) is 9.80 Å². The van der Waals surface area contributed by atoms with Gasteiger partial charge < -0.3 is 9.64 Å². The van der Waals surface area contributed by atoms with E-state index in [1.807, 2.05) is 24.3 Å². The lowest BCUT2D eigenvalue weighted by Gasteiger charge is -2.34. The maximum atomic E-state index is 13.5. The van der Waals surface area contributed by atoms with Gasteiger partial charge in [0, 0.05) is 38.6 Å². The van der Waals surface area contributed by atoms with Crippen LogP contribution in [-0.4, -0.2) is 55.7 Å². The molecule has 0 unspecified atom stereocenters. The molecule has 1 saturated heterocycles. The first kappa shape index (κ1) is 28.3. The van der Waals surface area contributed by atoms with Crippen molar-refractivity contribution < 1.29 is 13.5 Å². The Bertz CT molecular complexity index is 1090. The van der Waals surface area contributed by atoms with E-state index in [2.05, 4.69) is 42.7 Å². The molecule has 0 atom stereocenters. The number of benzene rings is 3. The number of hydrogen-bond donors (Lipinski definition) is 0. The number of rotatable bonds is 12. The molecule has 38 heavy (non-hydrogen) atoms. The van der Waals surface area contributed by atoms with E-state index in [0.29, 0.717) is 0 Å². The van der Waals surface area contributed by atoms with Gasteiger partial charge in [-0.1, -0.05) is 43.2 Å². The van der Waals surface area contributed by atoms with Gasteiger partial charge in [0.15, 0.2) is 0 Å². The molecule has 5 heteroatoms. The van der Waals surface area contributed by atoms with Crippen LogP contribution in [0.5, 0.6) is 5.75 Å². The average Bonchev–Trinajstić information content (AvgIpc) is 2.91. The molecule has 1 heterocycles. The molecule has 1 aliphatic rings. The summed E-state index contributed by atoms with van der Waals surface area (Å²) in [6.07, 6.45) is 4.40. The second-order valence-corrected chi connectivity index (χ2v) is 10.7. The molecule has 3 nitrogen and oxygen atoms in total. The molecule has 0 bridgehead atoms. The minimum Gasteiger partial charge on any atom is -0.492 e. The van der Waals surface area contributed by atoms with E-state index in [4.69, 9.17) is 4.74 Å². The van der Waals surface area contributed by atoms with E-state index in [-0.39, 0.29) is 17.6 Å². The second-order valence-electron chi connectivity index (χ2n) is 10.7. The van der Waals surface area contributed by atoms with Crippen LogP contribution in [0.1, 0.15) is 59.4 Å². The fourth-order valence-electron chi connectivity index (χ4n) is 5.45. The summed E-state index contributed by atoms with van der Waals surface area (Å²) >= 11 is 0. The summed E-state index contributed by atoms with van der Waals surface area (Å²) in [5.41, 5.74) is 5.95. The van der Waals surface area contributed by atoms with Gasteiger partial charge in [-0.2, -0.15) is 0 Å². The third-order valence-corrected chi connectivity index (χ3v) is 7.91. The quantitative estimate of drug-likeness (QED) is 0.233. The van der Waals surface area contributed by atoms with Gasteiger partial charge in [0.05, 0.1) is 0 Å². The predicted octanol–water partition coefficient (Wildman–Crippen LogP) is 7.28. The number of piperazine rings is 1. The first-order chi connectivity index (χ1) is 18.4. The van der Waals surface area contributed by atoms with Gasteiger partial charge in [0.1, 0.15) is 24.0 Å². The Morgan fingerprint density at radius 1 is 0.711 bits per heavy atom. The smallest absolute Gasteiger partial charge is 0.123 e. The minimum absolute atomic E-state index is 0.162. The zero-order valence-corrected chi connectivity index (χ0v) is 23.2. The van der Waals surface area contributed by atoms with Gasteiger partial charge in [-0.05, 0) is 98.3 Å². The van der Waals surface area contributed by atoms with Crippen molar-refractivity contribution in [3.8, 4) is 5.75 Å². The summed E-state index contributed by atoms with van der Waals surface area (Å²) in [5, 5.41) is 0. The first-order valence-electron chi connectivity index (χ1n) is 14.1. The van der Waals surface area contributed by atoms with Crippen molar-refractivity contribution >= 4 is 0 Å². The summed E-state index contributed by atoms with van der Waals surface area (Å²) in [6.45, 7) is 13.6. The Labute approximate surface area is 227 Å². The molecule has 0 spiro atoms. The van der Waals surface area contributed by atoms with E-state index < -0.39 is 0 Å². The van der Waals surface area contributed by atoms with Crippen LogP contribution in [0.25, 0.3) is 0 Å². The molecular formula is C33H42F2N2O. The maximum absolute atomic E-state index is 13.5. The van der Waals surface area contributed by atoms with Crippen LogP contribution in [0, 0.1) is 32.4 Å². The van der Waals surface area contributed by atoms with Crippen molar-refractivity contribution in [3.05, 3.63) is 100 Å². The molecule has 0 saturated carbocycles. The SMILES string of the molecule is Cc1cc(C)c(C)c(OCCN2CCN(CCCCCC(c3ccc(F)cc3)c3ccc(F)cc3)CC2)c1. The van der Waals surface area contributed by atoms with Crippen LogP contribution in [0.15, 0.2) is 60.7 Å². The number of ether oxygens (including phenoxy) is 1. The first-order valence-corrected chi connectivity index (χ1v) is 14.1. The van der Waals surface area contributed by atoms with E-state index in [9.17, 15) is 8.78 Å². The van der Waals surface area contributed by atoms with Crippen LogP contribution in [0.4, 0.5) is 8.78 Å². The standard InChI is InChI=1S/C33H42F2N2O/c1-25-23-26(2)27(3)33(24-25)38-22-21-37-19-17-36(18-20-37)16-6-4-5-7-32(28-8-12-30(34)13-9-28)29-10-14-31(35)15-11-29/h8-15,23-24,32H,4-7,16-22H2,1-3H3. The molecule has 0 aromatic heterocycles. The molecule has 1 fully saturated rings. The van der Waals surface area contributed by atoms with Gasteiger partial charge in [0.2, 0.25) is 0 Å². The zero-order chi connectivity index (χ0) is 26.9. The Hall–Kier alpha value is -2.76. The highest BCUT2D eigenvalue weighted by Crippen LogP contribution is 2.30.